The van der Waals surface area contributed by atoms with Crippen LogP contribution in [0.1, 0.15) is 11.1 Å². The molecule has 0 saturated heterocycles. The van der Waals surface area contributed by atoms with Crippen molar-refractivity contribution in [2.45, 2.75) is 5.75 Å². The molecule has 0 aliphatic heterocycles. The van der Waals surface area contributed by atoms with Crippen LogP contribution in [0.5, 0.6) is 0 Å². The summed E-state index contributed by atoms with van der Waals surface area (Å²) in [5.74, 6) is -0.159. The van der Waals surface area contributed by atoms with Crippen molar-refractivity contribution in [3.63, 3.8) is 0 Å². The number of hydrogen-bond acceptors (Lipinski definition) is 4. The summed E-state index contributed by atoms with van der Waals surface area (Å²) in [5, 5.41) is 12.8. The average molecular weight is 290 g/mol. The van der Waals surface area contributed by atoms with Crippen molar-refractivity contribution in [3.05, 3.63) is 47.8 Å². The molecular formula is C13H14N4O2S. The SMILES string of the molecule is CN(c1cnn(C)c1)S(=O)(=O)Cc1cccc(C#N)c1. The van der Waals surface area contributed by atoms with Gasteiger partial charge in [-0.3, -0.25) is 8.99 Å². The van der Waals surface area contributed by atoms with Crippen molar-refractivity contribution in [1.82, 2.24) is 9.78 Å². The van der Waals surface area contributed by atoms with E-state index in [2.05, 4.69) is 5.10 Å². The number of nitriles is 1. The van der Waals surface area contributed by atoms with E-state index in [9.17, 15) is 8.42 Å². The van der Waals surface area contributed by atoms with E-state index >= 15 is 0 Å². The molecule has 0 N–H and O–H groups in total. The predicted molar refractivity (Wildman–Crippen MR) is 75.4 cm³/mol. The van der Waals surface area contributed by atoms with Crippen molar-refractivity contribution >= 4 is 15.7 Å². The third-order valence-corrected chi connectivity index (χ3v) is 4.62. The molecule has 104 valence electrons. The molecule has 0 amide bonds. The maximum Gasteiger partial charge on any atom is 0.239 e. The minimum atomic E-state index is -3.51. The lowest BCUT2D eigenvalue weighted by Crippen LogP contribution is -2.27. The van der Waals surface area contributed by atoms with Crippen LogP contribution in [0, 0.1) is 11.3 Å². The molecule has 0 radical (unpaired) electrons. The summed E-state index contributed by atoms with van der Waals surface area (Å²) >= 11 is 0. The molecule has 2 rings (SSSR count). The first-order chi connectivity index (χ1) is 9.42. The number of aryl methyl sites for hydroxylation is 1. The van der Waals surface area contributed by atoms with Gasteiger partial charge in [0.1, 0.15) is 0 Å². The van der Waals surface area contributed by atoms with E-state index in [1.165, 1.54) is 22.2 Å². The van der Waals surface area contributed by atoms with Crippen molar-refractivity contribution in [2.24, 2.45) is 7.05 Å². The Hall–Kier alpha value is -2.33. The van der Waals surface area contributed by atoms with Crippen molar-refractivity contribution in [1.29, 1.82) is 5.26 Å². The zero-order chi connectivity index (χ0) is 14.8. The fourth-order valence-corrected chi connectivity index (χ4v) is 2.98. The van der Waals surface area contributed by atoms with Crippen LogP contribution < -0.4 is 4.31 Å². The number of sulfonamides is 1. The number of nitrogens with zero attached hydrogens (tertiary/aromatic N) is 4. The summed E-state index contributed by atoms with van der Waals surface area (Å²) < 4.78 is 27.4. The summed E-state index contributed by atoms with van der Waals surface area (Å²) in [6, 6.07) is 8.58. The van der Waals surface area contributed by atoms with Crippen LogP contribution in [0.15, 0.2) is 36.7 Å². The first kappa shape index (κ1) is 14.1. The second-order valence-corrected chi connectivity index (χ2v) is 6.41. The van der Waals surface area contributed by atoms with Crippen LogP contribution in [0.25, 0.3) is 0 Å². The highest BCUT2D eigenvalue weighted by Crippen LogP contribution is 2.18. The number of benzene rings is 1. The van der Waals surface area contributed by atoms with E-state index in [4.69, 9.17) is 5.26 Å². The molecule has 0 bridgehead atoms. The largest absolute Gasteiger partial charge is 0.274 e. The van der Waals surface area contributed by atoms with Crippen molar-refractivity contribution < 1.29 is 8.42 Å². The van der Waals surface area contributed by atoms with Gasteiger partial charge in [-0.05, 0) is 17.7 Å². The van der Waals surface area contributed by atoms with Crippen LogP contribution in [0.4, 0.5) is 5.69 Å². The zero-order valence-electron chi connectivity index (χ0n) is 11.2. The van der Waals surface area contributed by atoms with Gasteiger partial charge in [0.25, 0.3) is 0 Å². The van der Waals surface area contributed by atoms with Gasteiger partial charge in [-0.15, -0.1) is 0 Å². The van der Waals surface area contributed by atoms with E-state index in [0.29, 0.717) is 16.8 Å². The Morgan fingerprint density at radius 1 is 1.45 bits per heavy atom. The molecule has 1 heterocycles. The fourth-order valence-electron chi connectivity index (χ4n) is 1.77. The van der Waals surface area contributed by atoms with Crippen LogP contribution >= 0.6 is 0 Å². The molecule has 2 aromatic rings. The highest BCUT2D eigenvalue weighted by molar-refractivity contribution is 7.92. The smallest absolute Gasteiger partial charge is 0.239 e. The lowest BCUT2D eigenvalue weighted by Gasteiger charge is -2.17. The van der Waals surface area contributed by atoms with Gasteiger partial charge < -0.3 is 0 Å². The van der Waals surface area contributed by atoms with Crippen LogP contribution in [0.2, 0.25) is 0 Å². The second kappa shape index (κ2) is 5.35. The molecule has 0 saturated carbocycles. The lowest BCUT2D eigenvalue weighted by atomic mass is 10.2. The molecule has 1 aromatic heterocycles. The minimum Gasteiger partial charge on any atom is -0.274 e. The maximum absolute atomic E-state index is 12.3. The molecule has 0 atom stereocenters. The number of hydrogen-bond donors (Lipinski definition) is 0. The molecule has 6 nitrogen and oxygen atoms in total. The average Bonchev–Trinajstić information content (AvgIpc) is 2.84. The van der Waals surface area contributed by atoms with Gasteiger partial charge in [-0.1, -0.05) is 12.1 Å². The number of anilines is 1. The zero-order valence-corrected chi connectivity index (χ0v) is 12.0. The topological polar surface area (TPSA) is 79.0 Å². The highest BCUT2D eigenvalue weighted by atomic mass is 32.2. The third kappa shape index (κ3) is 2.97. The van der Waals surface area contributed by atoms with Gasteiger partial charge in [0.15, 0.2) is 0 Å². The summed E-state index contributed by atoms with van der Waals surface area (Å²) in [5.41, 5.74) is 1.53. The molecule has 1 aromatic carbocycles. The lowest BCUT2D eigenvalue weighted by molar-refractivity contribution is 0.593. The summed E-state index contributed by atoms with van der Waals surface area (Å²) in [7, 11) is -0.298. The van der Waals surface area contributed by atoms with Crippen molar-refractivity contribution in [3.8, 4) is 6.07 Å². The Labute approximate surface area is 117 Å². The fraction of sp³-hybridized carbons (Fsp3) is 0.231. The molecule has 7 heteroatoms. The van der Waals surface area contributed by atoms with Gasteiger partial charge in [0.05, 0.1) is 29.3 Å². The Morgan fingerprint density at radius 3 is 2.80 bits per heavy atom. The monoisotopic (exact) mass is 290 g/mol. The van der Waals surface area contributed by atoms with E-state index in [1.54, 1.807) is 37.5 Å². The third-order valence-electron chi connectivity index (χ3n) is 2.88. The Balaban J connectivity index is 2.25. The van der Waals surface area contributed by atoms with E-state index < -0.39 is 10.0 Å². The van der Waals surface area contributed by atoms with Gasteiger partial charge in [0.2, 0.25) is 10.0 Å². The van der Waals surface area contributed by atoms with E-state index in [-0.39, 0.29) is 5.75 Å². The summed E-state index contributed by atoms with van der Waals surface area (Å²) in [4.78, 5) is 0. The van der Waals surface area contributed by atoms with E-state index in [0.717, 1.165) is 0 Å². The maximum atomic E-state index is 12.3. The predicted octanol–water partition coefficient (Wildman–Crippen LogP) is 1.26. The summed E-state index contributed by atoms with van der Waals surface area (Å²) in [6.07, 6.45) is 3.12. The second-order valence-electron chi connectivity index (χ2n) is 4.41. The van der Waals surface area contributed by atoms with Gasteiger partial charge in [0, 0.05) is 20.3 Å². The van der Waals surface area contributed by atoms with Crippen molar-refractivity contribution in [2.75, 3.05) is 11.4 Å². The molecule has 0 unspecified atom stereocenters. The standard InChI is InChI=1S/C13H14N4O2S/c1-16-9-13(8-15-16)17(2)20(18,19)10-12-5-3-4-11(6-12)7-14/h3-6,8-9H,10H2,1-2H3. The van der Waals surface area contributed by atoms with E-state index in [1.807, 2.05) is 6.07 Å². The summed E-state index contributed by atoms with van der Waals surface area (Å²) in [6.45, 7) is 0. The Morgan fingerprint density at radius 2 is 2.20 bits per heavy atom. The first-order valence-electron chi connectivity index (χ1n) is 5.86. The van der Waals surface area contributed by atoms with Gasteiger partial charge in [-0.25, -0.2) is 8.42 Å². The molecule has 0 aliphatic carbocycles. The minimum absolute atomic E-state index is 0.159. The first-order valence-corrected chi connectivity index (χ1v) is 7.47. The van der Waals surface area contributed by atoms with Crippen LogP contribution in [0.3, 0.4) is 0 Å². The molecular weight excluding hydrogens is 276 g/mol. The molecule has 20 heavy (non-hydrogen) atoms. The Kier molecular flexibility index (Phi) is 3.77. The highest BCUT2D eigenvalue weighted by Gasteiger charge is 2.20. The number of aromatic nitrogens is 2. The Bertz CT molecular complexity index is 759. The number of rotatable bonds is 4. The molecule has 0 spiro atoms. The van der Waals surface area contributed by atoms with Gasteiger partial charge >= 0.3 is 0 Å². The quantitative estimate of drug-likeness (QED) is 0.849. The van der Waals surface area contributed by atoms with Crippen LogP contribution in [-0.4, -0.2) is 25.2 Å². The molecule has 0 fully saturated rings. The van der Waals surface area contributed by atoms with Gasteiger partial charge in [-0.2, -0.15) is 10.4 Å². The van der Waals surface area contributed by atoms with Crippen LogP contribution in [-0.2, 0) is 22.8 Å². The molecule has 0 aliphatic rings. The normalized spacial score (nSPS) is 11.1.